The van der Waals surface area contributed by atoms with Crippen LogP contribution in [0.4, 0.5) is 0 Å². The van der Waals surface area contributed by atoms with Gasteiger partial charge in [0.15, 0.2) is 9.84 Å². The Morgan fingerprint density at radius 3 is 2.48 bits per heavy atom. The summed E-state index contributed by atoms with van der Waals surface area (Å²) in [5, 5.41) is 0. The van der Waals surface area contributed by atoms with Crippen LogP contribution in [0.3, 0.4) is 0 Å². The van der Waals surface area contributed by atoms with E-state index in [2.05, 4.69) is 15.9 Å². The summed E-state index contributed by atoms with van der Waals surface area (Å²) in [6.45, 7) is 4.73. The number of carbonyl (C=O) groups excluding carboxylic acids is 1. The number of halogens is 2. The lowest BCUT2D eigenvalue weighted by atomic mass is 9.93. The Morgan fingerprint density at radius 2 is 1.96 bits per heavy atom. The monoisotopic (exact) mass is 426 g/mol. The van der Waals surface area contributed by atoms with Crippen molar-refractivity contribution in [3.63, 3.8) is 0 Å². The molecule has 23 heavy (non-hydrogen) atoms. The lowest BCUT2D eigenvalue weighted by Crippen LogP contribution is -2.42. The molecule has 0 aliphatic carbocycles. The van der Waals surface area contributed by atoms with E-state index in [1.165, 1.54) is 4.90 Å². The van der Waals surface area contributed by atoms with Gasteiger partial charge in [0.05, 0.1) is 5.75 Å². The van der Waals surface area contributed by atoms with E-state index in [0.717, 1.165) is 4.47 Å². The molecule has 0 atom stereocenters. The molecule has 1 amide bonds. The van der Waals surface area contributed by atoms with Crippen molar-refractivity contribution in [3.05, 3.63) is 34.3 Å². The van der Waals surface area contributed by atoms with E-state index in [4.69, 9.17) is 5.73 Å². The molecule has 0 saturated heterocycles. The van der Waals surface area contributed by atoms with E-state index in [9.17, 15) is 13.2 Å². The van der Waals surface area contributed by atoms with Crippen molar-refractivity contribution in [2.45, 2.75) is 19.6 Å². The minimum absolute atomic E-state index is 0. The van der Waals surface area contributed by atoms with Gasteiger partial charge in [0.1, 0.15) is 5.75 Å². The van der Waals surface area contributed by atoms with Gasteiger partial charge in [-0.25, -0.2) is 8.42 Å². The number of nitrogens with two attached hydrogens (primary N) is 1. The Bertz CT molecular complexity index is 635. The van der Waals surface area contributed by atoms with Crippen LogP contribution in [0.15, 0.2) is 28.7 Å². The number of carbonyl (C=O) groups is 1. The highest BCUT2D eigenvalue weighted by Crippen LogP contribution is 2.16. The van der Waals surface area contributed by atoms with Gasteiger partial charge >= 0.3 is 0 Å². The number of benzene rings is 1. The number of hydrogen-bond acceptors (Lipinski definition) is 4. The van der Waals surface area contributed by atoms with E-state index < -0.39 is 21.5 Å². The highest BCUT2D eigenvalue weighted by atomic mass is 79.9. The molecule has 0 radical (unpaired) electrons. The highest BCUT2D eigenvalue weighted by Gasteiger charge is 2.25. The maximum Gasteiger partial charge on any atom is 0.237 e. The molecule has 0 saturated carbocycles. The first-order valence-electron chi connectivity index (χ1n) is 6.93. The molecule has 8 heteroatoms. The zero-order valence-corrected chi connectivity index (χ0v) is 16.8. The largest absolute Gasteiger partial charge is 0.344 e. The van der Waals surface area contributed by atoms with Gasteiger partial charge in [-0.3, -0.25) is 4.79 Å². The average Bonchev–Trinajstić information content (AvgIpc) is 2.37. The molecule has 2 N–H and O–H groups in total. The summed E-state index contributed by atoms with van der Waals surface area (Å²) in [5.74, 6) is -1.04. The van der Waals surface area contributed by atoms with Crippen molar-refractivity contribution in [1.29, 1.82) is 0 Å². The molecule has 0 aliphatic rings. The summed E-state index contributed by atoms with van der Waals surface area (Å²) in [4.78, 5) is 13.5. The molecule has 0 fully saturated rings. The predicted molar refractivity (Wildman–Crippen MR) is 99.4 cm³/mol. The molecule has 1 rings (SSSR count). The predicted octanol–water partition coefficient (Wildman–Crippen LogP) is 2.23. The van der Waals surface area contributed by atoms with Gasteiger partial charge in [-0.1, -0.05) is 41.9 Å². The van der Waals surface area contributed by atoms with Crippen LogP contribution in [-0.4, -0.2) is 45.1 Å². The number of amides is 1. The first-order valence-corrected chi connectivity index (χ1v) is 9.55. The average molecular weight is 428 g/mol. The van der Waals surface area contributed by atoms with Crippen LogP contribution in [-0.2, 0) is 20.4 Å². The van der Waals surface area contributed by atoms with Gasteiger partial charge in [-0.2, -0.15) is 0 Å². The summed E-state index contributed by atoms with van der Waals surface area (Å²) in [6, 6.07) is 7.06. The second kappa shape index (κ2) is 9.01. The van der Waals surface area contributed by atoms with Crippen LogP contribution in [0.1, 0.15) is 19.4 Å². The summed E-state index contributed by atoms with van der Waals surface area (Å²) in [5.41, 5.74) is 6.06. The molecule has 132 valence electrons. The molecule has 5 nitrogen and oxygen atoms in total. The fourth-order valence-electron chi connectivity index (χ4n) is 2.02. The lowest BCUT2D eigenvalue weighted by Gasteiger charge is -2.29. The molecule has 0 aromatic heterocycles. The van der Waals surface area contributed by atoms with E-state index >= 15 is 0 Å². The zero-order valence-electron chi connectivity index (χ0n) is 13.6. The van der Waals surface area contributed by atoms with Crippen molar-refractivity contribution in [2.24, 2.45) is 11.1 Å². The van der Waals surface area contributed by atoms with Crippen LogP contribution in [0.2, 0.25) is 0 Å². The molecule has 1 aromatic carbocycles. The van der Waals surface area contributed by atoms with Crippen LogP contribution < -0.4 is 5.73 Å². The van der Waals surface area contributed by atoms with E-state index in [-0.39, 0.29) is 23.6 Å². The third kappa shape index (κ3) is 8.15. The molecular weight excluding hydrogens is 404 g/mol. The molecule has 1 aromatic rings. The smallest absolute Gasteiger partial charge is 0.237 e. The fourth-order valence-corrected chi connectivity index (χ4v) is 3.86. The first kappa shape index (κ1) is 22.4. The van der Waals surface area contributed by atoms with Crippen LogP contribution in [0.5, 0.6) is 0 Å². The number of nitrogens with zero attached hydrogens (tertiary/aromatic N) is 1. The minimum atomic E-state index is -3.50. The topological polar surface area (TPSA) is 80.5 Å². The van der Waals surface area contributed by atoms with Crippen LogP contribution in [0.25, 0.3) is 0 Å². The van der Waals surface area contributed by atoms with Gasteiger partial charge in [0.25, 0.3) is 0 Å². The Balaban J connectivity index is 0.00000484. The standard InChI is InChI=1S/C15H23BrN2O3S.ClH/c1-15(2,10-17)11-18(3)14(19)9-22(20,21)8-12-5-4-6-13(16)7-12;/h4-7H,8-11,17H2,1-3H3;1H. The number of rotatable bonds is 7. The van der Waals surface area contributed by atoms with Crippen LogP contribution >= 0.6 is 28.3 Å². The van der Waals surface area contributed by atoms with Crippen molar-refractivity contribution in [2.75, 3.05) is 25.9 Å². The van der Waals surface area contributed by atoms with Gasteiger partial charge in [0, 0.05) is 18.1 Å². The highest BCUT2D eigenvalue weighted by molar-refractivity contribution is 9.10. The Labute approximate surface area is 153 Å². The molecule has 0 unspecified atom stereocenters. The van der Waals surface area contributed by atoms with Gasteiger partial charge in [-0.15, -0.1) is 12.4 Å². The quantitative estimate of drug-likeness (QED) is 0.723. The first-order chi connectivity index (χ1) is 10.0. The van der Waals surface area contributed by atoms with Crippen molar-refractivity contribution < 1.29 is 13.2 Å². The molecule has 0 aliphatic heterocycles. The normalized spacial score (nSPS) is 11.7. The lowest BCUT2D eigenvalue weighted by molar-refractivity contribution is -0.128. The van der Waals surface area contributed by atoms with Crippen molar-refractivity contribution >= 4 is 44.1 Å². The van der Waals surface area contributed by atoms with Crippen LogP contribution in [0, 0.1) is 5.41 Å². The van der Waals surface area contributed by atoms with E-state index in [1.807, 2.05) is 19.9 Å². The summed E-state index contributed by atoms with van der Waals surface area (Å²) in [6.07, 6.45) is 0. The van der Waals surface area contributed by atoms with Crippen molar-refractivity contribution in [3.8, 4) is 0 Å². The van der Waals surface area contributed by atoms with Gasteiger partial charge in [-0.05, 0) is 29.7 Å². The maximum absolute atomic E-state index is 12.2. The van der Waals surface area contributed by atoms with E-state index in [1.54, 1.807) is 25.2 Å². The Hall–Kier alpha value is -0.630. The SMILES string of the molecule is CN(CC(C)(C)CN)C(=O)CS(=O)(=O)Cc1cccc(Br)c1.Cl. The Morgan fingerprint density at radius 1 is 1.35 bits per heavy atom. The van der Waals surface area contributed by atoms with E-state index in [0.29, 0.717) is 18.7 Å². The second-order valence-electron chi connectivity index (χ2n) is 6.28. The third-order valence-corrected chi connectivity index (χ3v) is 5.22. The summed E-state index contributed by atoms with van der Waals surface area (Å²) < 4.78 is 25.2. The Kier molecular flexibility index (Phi) is 8.76. The molecule has 0 heterocycles. The zero-order chi connectivity index (χ0) is 17.0. The van der Waals surface area contributed by atoms with Gasteiger partial charge < -0.3 is 10.6 Å². The minimum Gasteiger partial charge on any atom is -0.344 e. The summed E-state index contributed by atoms with van der Waals surface area (Å²) in [7, 11) is -1.90. The number of hydrogen-bond donors (Lipinski definition) is 1. The summed E-state index contributed by atoms with van der Waals surface area (Å²) >= 11 is 3.30. The molecular formula is C15H24BrClN2O3S. The fraction of sp³-hybridized carbons (Fsp3) is 0.533. The third-order valence-electron chi connectivity index (χ3n) is 3.26. The molecule has 0 spiro atoms. The molecule has 0 bridgehead atoms. The van der Waals surface area contributed by atoms with Gasteiger partial charge in [0.2, 0.25) is 5.91 Å². The number of sulfone groups is 1. The maximum atomic E-state index is 12.2. The second-order valence-corrected chi connectivity index (χ2v) is 9.26. The van der Waals surface area contributed by atoms with Crippen molar-refractivity contribution in [1.82, 2.24) is 4.90 Å².